The molecule has 0 spiro atoms. The van der Waals surface area contributed by atoms with Crippen LogP contribution in [0.2, 0.25) is 0 Å². The van der Waals surface area contributed by atoms with E-state index in [0.29, 0.717) is 24.5 Å². The van der Waals surface area contributed by atoms with E-state index in [9.17, 15) is 4.79 Å². The van der Waals surface area contributed by atoms with Crippen LogP contribution in [0.3, 0.4) is 0 Å². The summed E-state index contributed by atoms with van der Waals surface area (Å²) in [5, 5.41) is 4.20. The Labute approximate surface area is 193 Å². The number of hydrogen-bond acceptors (Lipinski definition) is 6. The number of methoxy groups -OCH3 is 1. The lowest BCUT2D eigenvalue weighted by atomic mass is 10.0. The molecular formula is C27H27N3O3. The van der Waals surface area contributed by atoms with Gasteiger partial charge in [0.05, 0.1) is 10.9 Å². The van der Waals surface area contributed by atoms with E-state index in [4.69, 9.17) is 9.47 Å². The van der Waals surface area contributed by atoms with E-state index < -0.39 is 0 Å². The zero-order valence-corrected chi connectivity index (χ0v) is 18.7. The van der Waals surface area contributed by atoms with Crippen molar-refractivity contribution in [2.24, 2.45) is 0 Å². The number of fused-ring (bicyclic) bond motifs is 1. The van der Waals surface area contributed by atoms with Crippen LogP contribution in [0.1, 0.15) is 17.5 Å². The third kappa shape index (κ3) is 6.37. The third-order valence-corrected chi connectivity index (χ3v) is 5.24. The van der Waals surface area contributed by atoms with Crippen molar-refractivity contribution in [2.45, 2.75) is 19.3 Å². The number of hydrogen-bond donors (Lipinski definition) is 1. The topological polar surface area (TPSA) is 73.3 Å². The lowest BCUT2D eigenvalue weighted by Gasteiger charge is -2.10. The Kier molecular flexibility index (Phi) is 7.61. The van der Waals surface area contributed by atoms with Crippen LogP contribution in [0.4, 0.5) is 5.69 Å². The number of benzene rings is 3. The van der Waals surface area contributed by atoms with Crippen molar-refractivity contribution in [3.05, 3.63) is 90.3 Å². The van der Waals surface area contributed by atoms with Gasteiger partial charge in [-0.15, -0.1) is 0 Å². The van der Waals surface area contributed by atoms with Crippen LogP contribution in [0.15, 0.2) is 79.1 Å². The van der Waals surface area contributed by atoms with Gasteiger partial charge in [0.1, 0.15) is 17.9 Å². The van der Waals surface area contributed by atoms with Crippen molar-refractivity contribution in [3.63, 3.8) is 0 Å². The van der Waals surface area contributed by atoms with Crippen molar-refractivity contribution in [1.29, 1.82) is 0 Å². The highest BCUT2D eigenvalue weighted by Gasteiger charge is 2.09. The standard InChI is InChI=1S/C27H27N3O3/c1-32-15-5-14-28-22-10-13-25-26(18-22)29-19-30-27(25)33-24-11-8-21(9-12-24)17-23(31)16-20-6-3-2-4-7-20/h2-4,6-13,18-19,28H,5,14-17H2,1H3. The number of aromatic nitrogens is 2. The maximum atomic E-state index is 12.4. The molecule has 0 unspecified atom stereocenters. The SMILES string of the molecule is COCCCNc1ccc2c(Oc3ccc(CC(=O)Cc4ccccc4)cc3)ncnc2c1. The fourth-order valence-electron chi connectivity index (χ4n) is 3.57. The fourth-order valence-corrected chi connectivity index (χ4v) is 3.57. The molecule has 3 aromatic carbocycles. The lowest BCUT2D eigenvalue weighted by Crippen LogP contribution is -2.06. The molecule has 0 aliphatic heterocycles. The smallest absolute Gasteiger partial charge is 0.230 e. The summed E-state index contributed by atoms with van der Waals surface area (Å²) >= 11 is 0. The van der Waals surface area contributed by atoms with E-state index >= 15 is 0 Å². The minimum atomic E-state index is 0.184. The average molecular weight is 442 g/mol. The largest absolute Gasteiger partial charge is 0.438 e. The number of ether oxygens (including phenoxy) is 2. The summed E-state index contributed by atoms with van der Waals surface area (Å²) in [5.41, 5.74) is 3.79. The van der Waals surface area contributed by atoms with E-state index in [1.807, 2.05) is 72.8 Å². The maximum Gasteiger partial charge on any atom is 0.230 e. The Morgan fingerprint density at radius 1 is 0.909 bits per heavy atom. The molecule has 4 aromatic rings. The lowest BCUT2D eigenvalue weighted by molar-refractivity contribution is -0.117. The van der Waals surface area contributed by atoms with Gasteiger partial charge in [0.15, 0.2) is 0 Å². The second kappa shape index (κ2) is 11.2. The van der Waals surface area contributed by atoms with Crippen LogP contribution >= 0.6 is 0 Å². The molecule has 0 amide bonds. The van der Waals surface area contributed by atoms with Crippen molar-refractivity contribution >= 4 is 22.4 Å². The second-order valence-corrected chi connectivity index (χ2v) is 7.81. The Balaban J connectivity index is 1.39. The molecule has 4 rings (SSSR count). The molecule has 0 saturated heterocycles. The Morgan fingerprint density at radius 2 is 1.67 bits per heavy atom. The van der Waals surface area contributed by atoms with Gasteiger partial charge in [-0.25, -0.2) is 9.97 Å². The number of rotatable bonds is 11. The van der Waals surface area contributed by atoms with Gasteiger partial charge in [0.25, 0.3) is 0 Å². The summed E-state index contributed by atoms with van der Waals surface area (Å²) in [7, 11) is 1.70. The first-order valence-corrected chi connectivity index (χ1v) is 11.0. The summed E-state index contributed by atoms with van der Waals surface area (Å²) in [4.78, 5) is 21.1. The Bertz CT molecular complexity index is 1190. The number of Topliss-reactive ketones (excluding diaryl/α,β-unsaturated/α-hetero) is 1. The predicted octanol–water partition coefficient (Wildman–Crippen LogP) is 5.22. The molecule has 0 bridgehead atoms. The van der Waals surface area contributed by atoms with Gasteiger partial charge < -0.3 is 14.8 Å². The van der Waals surface area contributed by atoms with Crippen molar-refractivity contribution in [2.75, 3.05) is 25.6 Å². The summed E-state index contributed by atoms with van der Waals surface area (Å²) in [6.07, 6.45) is 3.27. The first-order valence-electron chi connectivity index (χ1n) is 11.0. The summed E-state index contributed by atoms with van der Waals surface area (Å²) < 4.78 is 11.1. The van der Waals surface area contributed by atoms with E-state index in [2.05, 4.69) is 15.3 Å². The van der Waals surface area contributed by atoms with Gasteiger partial charge in [-0.1, -0.05) is 42.5 Å². The molecule has 0 fully saturated rings. The highest BCUT2D eigenvalue weighted by Crippen LogP contribution is 2.28. The minimum Gasteiger partial charge on any atom is -0.438 e. The first kappa shape index (κ1) is 22.4. The fraction of sp³-hybridized carbons (Fsp3) is 0.222. The summed E-state index contributed by atoms with van der Waals surface area (Å²) in [6.45, 7) is 1.55. The highest BCUT2D eigenvalue weighted by atomic mass is 16.5. The highest BCUT2D eigenvalue weighted by molar-refractivity contribution is 5.86. The number of nitrogens with zero attached hydrogens (tertiary/aromatic N) is 2. The third-order valence-electron chi connectivity index (χ3n) is 5.24. The number of nitrogens with one attached hydrogen (secondary N) is 1. The molecule has 33 heavy (non-hydrogen) atoms. The number of anilines is 1. The van der Waals surface area contributed by atoms with Crippen molar-refractivity contribution in [1.82, 2.24) is 9.97 Å². The Morgan fingerprint density at radius 3 is 2.42 bits per heavy atom. The van der Waals surface area contributed by atoms with Crippen LogP contribution < -0.4 is 10.1 Å². The van der Waals surface area contributed by atoms with E-state index in [0.717, 1.165) is 47.3 Å². The zero-order chi connectivity index (χ0) is 22.9. The van der Waals surface area contributed by atoms with Gasteiger partial charge in [-0.3, -0.25) is 4.79 Å². The van der Waals surface area contributed by atoms with Crippen molar-refractivity contribution in [3.8, 4) is 11.6 Å². The normalized spacial score (nSPS) is 10.8. The molecule has 168 valence electrons. The number of ketones is 1. The van der Waals surface area contributed by atoms with Gasteiger partial charge >= 0.3 is 0 Å². The molecule has 6 nitrogen and oxygen atoms in total. The average Bonchev–Trinajstić information content (AvgIpc) is 2.84. The summed E-state index contributed by atoms with van der Waals surface area (Å²) in [5.74, 6) is 1.35. The predicted molar refractivity (Wildman–Crippen MR) is 130 cm³/mol. The van der Waals surface area contributed by atoms with Crippen LogP contribution in [0.5, 0.6) is 11.6 Å². The van der Waals surface area contributed by atoms with Crippen LogP contribution in [-0.4, -0.2) is 36.0 Å². The summed E-state index contributed by atoms with van der Waals surface area (Å²) in [6, 6.07) is 23.3. The first-order chi connectivity index (χ1) is 16.2. The van der Waals surface area contributed by atoms with Crippen LogP contribution in [0.25, 0.3) is 10.9 Å². The molecule has 0 aliphatic carbocycles. The van der Waals surface area contributed by atoms with Gasteiger partial charge in [-0.05, 0) is 47.9 Å². The number of carbonyl (C=O) groups is 1. The molecular weight excluding hydrogens is 414 g/mol. The molecule has 6 heteroatoms. The monoisotopic (exact) mass is 441 g/mol. The quantitative estimate of drug-likeness (QED) is 0.322. The van der Waals surface area contributed by atoms with E-state index in [1.165, 1.54) is 6.33 Å². The van der Waals surface area contributed by atoms with Gasteiger partial charge in [-0.2, -0.15) is 0 Å². The molecule has 0 radical (unpaired) electrons. The Hall–Kier alpha value is -3.77. The van der Waals surface area contributed by atoms with Crippen LogP contribution in [-0.2, 0) is 22.4 Å². The minimum absolute atomic E-state index is 0.184. The van der Waals surface area contributed by atoms with Crippen LogP contribution in [0, 0.1) is 0 Å². The molecule has 0 aliphatic rings. The van der Waals surface area contributed by atoms with Gasteiger partial charge in [0.2, 0.25) is 5.88 Å². The van der Waals surface area contributed by atoms with Gasteiger partial charge in [0, 0.05) is 38.8 Å². The van der Waals surface area contributed by atoms with Crippen molar-refractivity contribution < 1.29 is 14.3 Å². The molecule has 0 saturated carbocycles. The second-order valence-electron chi connectivity index (χ2n) is 7.81. The maximum absolute atomic E-state index is 12.4. The molecule has 0 atom stereocenters. The molecule has 1 N–H and O–H groups in total. The zero-order valence-electron chi connectivity index (χ0n) is 18.7. The molecule has 1 aromatic heterocycles. The van der Waals surface area contributed by atoms with E-state index in [-0.39, 0.29) is 5.78 Å². The van der Waals surface area contributed by atoms with E-state index in [1.54, 1.807) is 7.11 Å². The number of carbonyl (C=O) groups excluding carboxylic acids is 1. The molecule has 1 heterocycles.